The number of ketones is 1. The third kappa shape index (κ3) is 5.33. The average molecular weight is 464 g/mol. The molecule has 0 fully saturated rings. The van der Waals surface area contributed by atoms with Gasteiger partial charge in [-0.25, -0.2) is 0 Å². The number of rotatable bonds is 7. The lowest BCUT2D eigenvalue weighted by Crippen LogP contribution is -2.56. The largest absolute Gasteiger partial charge is 0.416 e. The number of nitrogens with zero attached hydrogens (tertiary/aromatic N) is 3. The van der Waals surface area contributed by atoms with Crippen LogP contribution < -0.4 is 16.4 Å². The standard InChI is InChI=1S/C21H23F3N6O3/c1-3-16(12(2)31)30-11-26-18(25)17(20(30)33)28-19(32)14-8-27-29(10-14)9-13-5-4-6-15(7-13)21(22,23)24/h4-8,10,16,26H,3,9,11,25H2,1-2H3,(H,28,32). The van der Waals surface area contributed by atoms with Crippen molar-refractivity contribution >= 4 is 17.6 Å². The van der Waals surface area contributed by atoms with E-state index in [9.17, 15) is 27.6 Å². The summed E-state index contributed by atoms with van der Waals surface area (Å²) in [5.41, 5.74) is 5.29. The molecule has 4 N–H and O–H groups in total. The van der Waals surface area contributed by atoms with E-state index in [1.807, 2.05) is 0 Å². The molecule has 3 rings (SSSR count). The van der Waals surface area contributed by atoms with Crippen LogP contribution in [-0.2, 0) is 22.3 Å². The maximum Gasteiger partial charge on any atom is 0.416 e. The first-order valence-electron chi connectivity index (χ1n) is 10.1. The number of benzene rings is 1. The quantitative estimate of drug-likeness (QED) is 0.572. The predicted molar refractivity (Wildman–Crippen MR) is 111 cm³/mol. The molecule has 1 aromatic heterocycles. The predicted octanol–water partition coefficient (Wildman–Crippen LogP) is 1.56. The number of carbonyl (C=O) groups is 3. The van der Waals surface area contributed by atoms with Crippen molar-refractivity contribution in [3.8, 4) is 0 Å². The van der Waals surface area contributed by atoms with Crippen LogP contribution in [0.1, 0.15) is 41.8 Å². The highest BCUT2D eigenvalue weighted by molar-refractivity contribution is 6.04. The second-order valence-electron chi connectivity index (χ2n) is 7.51. The van der Waals surface area contributed by atoms with Gasteiger partial charge < -0.3 is 21.3 Å². The maximum atomic E-state index is 12.9. The van der Waals surface area contributed by atoms with Crippen LogP contribution in [0.25, 0.3) is 0 Å². The lowest BCUT2D eigenvalue weighted by atomic mass is 10.1. The smallest absolute Gasteiger partial charge is 0.384 e. The van der Waals surface area contributed by atoms with Crippen LogP contribution in [0.3, 0.4) is 0 Å². The normalized spacial score (nSPS) is 15.3. The van der Waals surface area contributed by atoms with Crippen LogP contribution in [0.5, 0.6) is 0 Å². The lowest BCUT2D eigenvalue weighted by molar-refractivity contribution is -0.137. The van der Waals surface area contributed by atoms with Crippen molar-refractivity contribution in [2.24, 2.45) is 5.73 Å². The number of aromatic nitrogens is 2. The van der Waals surface area contributed by atoms with Crippen molar-refractivity contribution in [3.05, 3.63) is 64.9 Å². The highest BCUT2D eigenvalue weighted by Gasteiger charge is 2.34. The van der Waals surface area contributed by atoms with Crippen LogP contribution in [0, 0.1) is 0 Å². The van der Waals surface area contributed by atoms with Gasteiger partial charge in [-0.1, -0.05) is 19.1 Å². The first-order valence-corrected chi connectivity index (χ1v) is 10.1. The van der Waals surface area contributed by atoms with E-state index in [-0.39, 0.29) is 36.1 Å². The fraction of sp³-hybridized carbons (Fsp3) is 0.333. The molecule has 9 nitrogen and oxygen atoms in total. The van der Waals surface area contributed by atoms with Gasteiger partial charge in [-0.15, -0.1) is 0 Å². The summed E-state index contributed by atoms with van der Waals surface area (Å²) in [7, 11) is 0. The van der Waals surface area contributed by atoms with Gasteiger partial charge in [0.1, 0.15) is 11.5 Å². The summed E-state index contributed by atoms with van der Waals surface area (Å²) in [5.74, 6) is -1.52. The monoisotopic (exact) mass is 464 g/mol. The minimum atomic E-state index is -4.47. The summed E-state index contributed by atoms with van der Waals surface area (Å²) in [6, 6.07) is 4.12. The Kier molecular flexibility index (Phi) is 6.75. The summed E-state index contributed by atoms with van der Waals surface area (Å²) >= 11 is 0. The van der Waals surface area contributed by atoms with E-state index in [4.69, 9.17) is 5.73 Å². The van der Waals surface area contributed by atoms with Gasteiger partial charge in [-0.05, 0) is 31.0 Å². The molecular weight excluding hydrogens is 441 g/mol. The van der Waals surface area contributed by atoms with Gasteiger partial charge in [-0.2, -0.15) is 18.3 Å². The number of hydrogen-bond donors (Lipinski definition) is 3. The van der Waals surface area contributed by atoms with Crippen molar-refractivity contribution in [3.63, 3.8) is 0 Å². The number of nitrogens with two attached hydrogens (primary N) is 1. The Bertz CT molecular complexity index is 1110. The van der Waals surface area contributed by atoms with Gasteiger partial charge in [0.25, 0.3) is 11.8 Å². The van der Waals surface area contributed by atoms with Crippen molar-refractivity contribution in [2.45, 2.75) is 39.0 Å². The van der Waals surface area contributed by atoms with Gasteiger partial charge in [0.15, 0.2) is 5.78 Å². The highest BCUT2D eigenvalue weighted by atomic mass is 19.4. The van der Waals surface area contributed by atoms with Gasteiger partial charge in [-0.3, -0.25) is 19.1 Å². The molecule has 1 aliphatic heterocycles. The Morgan fingerprint density at radius 1 is 1.33 bits per heavy atom. The number of halogens is 3. The minimum absolute atomic E-state index is 0.00703. The Hall–Kier alpha value is -3.83. The Balaban J connectivity index is 1.73. The summed E-state index contributed by atoms with van der Waals surface area (Å²) in [6.45, 7) is 3.17. The fourth-order valence-electron chi connectivity index (χ4n) is 3.48. The fourth-order valence-corrected chi connectivity index (χ4v) is 3.48. The van der Waals surface area contributed by atoms with Gasteiger partial charge >= 0.3 is 6.18 Å². The summed E-state index contributed by atoms with van der Waals surface area (Å²) < 4.78 is 40.0. The molecule has 1 aromatic carbocycles. The molecule has 33 heavy (non-hydrogen) atoms. The molecule has 0 spiro atoms. The number of amides is 2. The molecule has 1 aliphatic rings. The summed E-state index contributed by atoms with van der Waals surface area (Å²) in [4.78, 5) is 38.6. The van der Waals surface area contributed by atoms with Crippen molar-refractivity contribution in [1.82, 2.24) is 25.3 Å². The Morgan fingerprint density at radius 3 is 2.70 bits per heavy atom. The van der Waals surface area contributed by atoms with Gasteiger partial charge in [0.2, 0.25) is 0 Å². The number of nitrogens with one attached hydrogen (secondary N) is 2. The average Bonchev–Trinajstić information content (AvgIpc) is 3.21. The molecule has 1 atom stereocenters. The Labute approximate surface area is 187 Å². The number of alkyl halides is 3. The van der Waals surface area contributed by atoms with E-state index in [1.165, 1.54) is 41.0 Å². The van der Waals surface area contributed by atoms with Crippen molar-refractivity contribution < 1.29 is 27.6 Å². The maximum absolute atomic E-state index is 12.9. The first kappa shape index (κ1) is 23.8. The van der Waals surface area contributed by atoms with E-state index in [1.54, 1.807) is 6.92 Å². The topological polar surface area (TPSA) is 122 Å². The zero-order chi connectivity index (χ0) is 24.3. The SMILES string of the molecule is CCC(C(C)=O)N1CNC(N)=C(NC(=O)c2cnn(Cc3cccc(C(F)(F)F)c3)c2)C1=O. The third-order valence-corrected chi connectivity index (χ3v) is 5.15. The Morgan fingerprint density at radius 2 is 2.06 bits per heavy atom. The van der Waals surface area contributed by atoms with Crippen LogP contribution in [0.15, 0.2) is 48.2 Å². The van der Waals surface area contributed by atoms with Crippen LogP contribution in [-0.4, -0.2) is 45.0 Å². The molecule has 2 aromatic rings. The second kappa shape index (κ2) is 9.35. The number of Topliss-reactive ketones (excluding diaryl/α,β-unsaturated/α-hetero) is 1. The molecule has 1 unspecified atom stereocenters. The zero-order valence-corrected chi connectivity index (χ0v) is 17.9. The van der Waals surface area contributed by atoms with E-state index < -0.39 is 29.6 Å². The van der Waals surface area contributed by atoms with Gasteiger partial charge in [0.05, 0.1) is 36.6 Å². The van der Waals surface area contributed by atoms with Gasteiger partial charge in [0, 0.05) is 6.20 Å². The van der Waals surface area contributed by atoms with E-state index in [0.717, 1.165) is 12.1 Å². The van der Waals surface area contributed by atoms with Crippen molar-refractivity contribution in [2.75, 3.05) is 6.67 Å². The molecule has 2 heterocycles. The first-order chi connectivity index (χ1) is 15.5. The molecule has 12 heteroatoms. The van der Waals surface area contributed by atoms with Crippen LogP contribution in [0.4, 0.5) is 13.2 Å². The van der Waals surface area contributed by atoms with E-state index in [0.29, 0.717) is 12.0 Å². The summed E-state index contributed by atoms with van der Waals surface area (Å²) in [5, 5.41) is 9.22. The minimum Gasteiger partial charge on any atom is -0.384 e. The molecule has 0 saturated carbocycles. The van der Waals surface area contributed by atoms with E-state index in [2.05, 4.69) is 15.7 Å². The zero-order valence-electron chi connectivity index (χ0n) is 17.9. The van der Waals surface area contributed by atoms with Crippen LogP contribution in [0.2, 0.25) is 0 Å². The second-order valence-corrected chi connectivity index (χ2v) is 7.51. The molecule has 0 saturated heterocycles. The molecule has 0 radical (unpaired) electrons. The molecular formula is C21H23F3N6O3. The lowest BCUT2D eigenvalue weighted by Gasteiger charge is -2.34. The number of hydrogen-bond acceptors (Lipinski definition) is 6. The third-order valence-electron chi connectivity index (χ3n) is 5.15. The summed E-state index contributed by atoms with van der Waals surface area (Å²) in [6.07, 6.45) is -1.50. The molecule has 2 amide bonds. The molecule has 176 valence electrons. The van der Waals surface area contributed by atoms with Crippen molar-refractivity contribution in [1.29, 1.82) is 0 Å². The molecule has 0 bridgehead atoms. The van der Waals surface area contributed by atoms with Crippen LogP contribution >= 0.6 is 0 Å². The number of carbonyl (C=O) groups excluding carboxylic acids is 3. The highest BCUT2D eigenvalue weighted by Crippen LogP contribution is 2.29. The molecule has 0 aliphatic carbocycles. The van der Waals surface area contributed by atoms with E-state index >= 15 is 0 Å².